The van der Waals surface area contributed by atoms with Gasteiger partial charge in [-0.3, -0.25) is 0 Å². The van der Waals surface area contributed by atoms with Crippen LogP contribution in [0.3, 0.4) is 0 Å². The van der Waals surface area contributed by atoms with Crippen molar-refractivity contribution in [3.05, 3.63) is 59.2 Å². The monoisotopic (exact) mass is 269 g/mol. The van der Waals surface area contributed by atoms with E-state index in [9.17, 15) is 0 Å². The minimum Gasteiger partial charge on any atom is -0.497 e. The molecule has 0 amide bonds. The molecule has 1 atom stereocenters. The third-order valence-electron chi connectivity index (χ3n) is 3.77. The zero-order valence-electron chi connectivity index (χ0n) is 12.7. The van der Waals surface area contributed by atoms with Crippen molar-refractivity contribution < 1.29 is 4.74 Å². The summed E-state index contributed by atoms with van der Waals surface area (Å²) in [5.41, 5.74) is 5.11. The molecule has 0 saturated heterocycles. The molecule has 106 valence electrons. The number of aryl methyl sites for hydroxylation is 2. The van der Waals surface area contributed by atoms with Crippen LogP contribution in [0, 0.1) is 13.8 Å². The number of benzene rings is 2. The van der Waals surface area contributed by atoms with Gasteiger partial charge in [0.25, 0.3) is 0 Å². The van der Waals surface area contributed by atoms with Crippen LogP contribution < -0.4 is 10.1 Å². The van der Waals surface area contributed by atoms with E-state index in [2.05, 4.69) is 56.4 Å². The van der Waals surface area contributed by atoms with Gasteiger partial charge < -0.3 is 10.1 Å². The molecule has 0 aliphatic rings. The maximum absolute atomic E-state index is 5.21. The fourth-order valence-electron chi connectivity index (χ4n) is 2.29. The summed E-state index contributed by atoms with van der Waals surface area (Å²) >= 11 is 0. The van der Waals surface area contributed by atoms with E-state index in [1.54, 1.807) is 7.11 Å². The Balaban J connectivity index is 2.16. The molecule has 2 nitrogen and oxygen atoms in total. The molecule has 2 aromatic carbocycles. The van der Waals surface area contributed by atoms with Crippen molar-refractivity contribution in [1.29, 1.82) is 0 Å². The predicted molar refractivity (Wildman–Crippen MR) is 85.6 cm³/mol. The Bertz CT molecular complexity index is 560. The van der Waals surface area contributed by atoms with Gasteiger partial charge in [-0.25, -0.2) is 0 Å². The molecule has 1 N–H and O–H groups in total. The number of hydrogen-bond acceptors (Lipinski definition) is 2. The van der Waals surface area contributed by atoms with Gasteiger partial charge in [0.1, 0.15) is 5.75 Å². The van der Waals surface area contributed by atoms with Crippen molar-refractivity contribution in [2.45, 2.75) is 33.2 Å². The van der Waals surface area contributed by atoms with Gasteiger partial charge in [0, 0.05) is 5.69 Å². The molecule has 0 aromatic heterocycles. The second-order valence-electron chi connectivity index (χ2n) is 5.18. The fourth-order valence-corrected chi connectivity index (χ4v) is 2.29. The van der Waals surface area contributed by atoms with Crippen LogP contribution in [0.25, 0.3) is 0 Å². The van der Waals surface area contributed by atoms with Gasteiger partial charge in [0.15, 0.2) is 0 Å². The highest BCUT2D eigenvalue weighted by atomic mass is 16.5. The molecule has 2 aromatic rings. The Labute approximate surface area is 121 Å². The quantitative estimate of drug-likeness (QED) is 0.835. The van der Waals surface area contributed by atoms with Crippen molar-refractivity contribution >= 4 is 5.69 Å². The summed E-state index contributed by atoms with van der Waals surface area (Å²) in [5.74, 6) is 0.898. The number of rotatable bonds is 5. The zero-order chi connectivity index (χ0) is 14.5. The standard InChI is InChI=1S/C18H23NO/c1-5-18(15-7-10-17(20-4)11-8-15)19-16-9-6-13(2)14(3)12-16/h6-12,18-19H,5H2,1-4H3. The average molecular weight is 269 g/mol. The maximum Gasteiger partial charge on any atom is 0.118 e. The van der Waals surface area contributed by atoms with E-state index in [0.717, 1.165) is 12.2 Å². The lowest BCUT2D eigenvalue weighted by molar-refractivity contribution is 0.414. The van der Waals surface area contributed by atoms with Crippen LogP contribution in [0.1, 0.15) is 36.1 Å². The molecular formula is C18H23NO. The lowest BCUT2D eigenvalue weighted by Gasteiger charge is -2.20. The van der Waals surface area contributed by atoms with Gasteiger partial charge in [0.05, 0.1) is 13.2 Å². The lowest BCUT2D eigenvalue weighted by Crippen LogP contribution is -2.09. The van der Waals surface area contributed by atoms with Crippen LogP contribution in [-0.4, -0.2) is 7.11 Å². The topological polar surface area (TPSA) is 21.3 Å². The second-order valence-corrected chi connectivity index (χ2v) is 5.18. The molecule has 2 heteroatoms. The SMILES string of the molecule is CCC(Nc1ccc(C)c(C)c1)c1ccc(OC)cc1. The van der Waals surface area contributed by atoms with E-state index in [4.69, 9.17) is 4.74 Å². The summed E-state index contributed by atoms with van der Waals surface area (Å²) < 4.78 is 5.21. The van der Waals surface area contributed by atoms with Gasteiger partial charge in [-0.15, -0.1) is 0 Å². The molecule has 0 spiro atoms. The summed E-state index contributed by atoms with van der Waals surface area (Å²) in [6.07, 6.45) is 1.04. The minimum atomic E-state index is 0.322. The number of ether oxygens (including phenoxy) is 1. The highest BCUT2D eigenvalue weighted by Crippen LogP contribution is 2.25. The Kier molecular flexibility index (Phi) is 4.67. The Hall–Kier alpha value is -1.96. The molecule has 0 aliphatic heterocycles. The molecule has 0 saturated carbocycles. The molecule has 0 heterocycles. The molecule has 0 aliphatic carbocycles. The third-order valence-corrected chi connectivity index (χ3v) is 3.77. The van der Waals surface area contributed by atoms with Crippen LogP contribution in [0.5, 0.6) is 5.75 Å². The first-order valence-electron chi connectivity index (χ1n) is 7.11. The van der Waals surface area contributed by atoms with E-state index in [-0.39, 0.29) is 0 Å². The summed E-state index contributed by atoms with van der Waals surface area (Å²) in [6, 6.07) is 15.1. The third kappa shape index (κ3) is 3.32. The summed E-state index contributed by atoms with van der Waals surface area (Å²) in [7, 11) is 1.69. The lowest BCUT2D eigenvalue weighted by atomic mass is 10.0. The van der Waals surface area contributed by atoms with Crippen molar-refractivity contribution in [2.75, 3.05) is 12.4 Å². The summed E-state index contributed by atoms with van der Waals surface area (Å²) in [4.78, 5) is 0. The van der Waals surface area contributed by atoms with Gasteiger partial charge >= 0.3 is 0 Å². The molecular weight excluding hydrogens is 246 g/mol. The van der Waals surface area contributed by atoms with E-state index in [0.29, 0.717) is 6.04 Å². The van der Waals surface area contributed by atoms with Crippen LogP contribution in [0.2, 0.25) is 0 Å². The van der Waals surface area contributed by atoms with Crippen LogP contribution in [0.15, 0.2) is 42.5 Å². The van der Waals surface area contributed by atoms with Gasteiger partial charge in [-0.2, -0.15) is 0 Å². The second kappa shape index (κ2) is 6.47. The van der Waals surface area contributed by atoms with Crippen LogP contribution in [-0.2, 0) is 0 Å². The van der Waals surface area contributed by atoms with Gasteiger partial charge in [-0.1, -0.05) is 25.1 Å². The summed E-state index contributed by atoms with van der Waals surface area (Å²) in [5, 5.41) is 3.61. The van der Waals surface area contributed by atoms with Gasteiger partial charge in [-0.05, 0) is 61.2 Å². The van der Waals surface area contributed by atoms with E-state index >= 15 is 0 Å². The van der Waals surface area contributed by atoms with E-state index in [1.165, 1.54) is 22.4 Å². The van der Waals surface area contributed by atoms with Crippen molar-refractivity contribution in [1.82, 2.24) is 0 Å². The first kappa shape index (κ1) is 14.4. The van der Waals surface area contributed by atoms with Crippen molar-refractivity contribution in [2.24, 2.45) is 0 Å². The molecule has 0 radical (unpaired) electrons. The molecule has 20 heavy (non-hydrogen) atoms. The van der Waals surface area contributed by atoms with E-state index in [1.807, 2.05) is 12.1 Å². The number of methoxy groups -OCH3 is 1. The number of nitrogens with one attached hydrogen (secondary N) is 1. The highest BCUT2D eigenvalue weighted by Gasteiger charge is 2.09. The average Bonchev–Trinajstić information content (AvgIpc) is 2.48. The zero-order valence-corrected chi connectivity index (χ0v) is 12.7. The minimum absolute atomic E-state index is 0.322. The Morgan fingerprint density at radius 2 is 1.70 bits per heavy atom. The first-order chi connectivity index (χ1) is 9.63. The normalized spacial score (nSPS) is 12.0. The molecule has 0 bridgehead atoms. The predicted octanol–water partition coefficient (Wildman–Crippen LogP) is 4.88. The summed E-state index contributed by atoms with van der Waals surface area (Å²) in [6.45, 7) is 6.48. The van der Waals surface area contributed by atoms with Crippen LogP contribution in [0.4, 0.5) is 5.69 Å². The Morgan fingerprint density at radius 1 is 1.00 bits per heavy atom. The van der Waals surface area contributed by atoms with E-state index < -0.39 is 0 Å². The molecule has 2 rings (SSSR count). The molecule has 1 unspecified atom stereocenters. The van der Waals surface area contributed by atoms with Crippen LogP contribution >= 0.6 is 0 Å². The fraction of sp³-hybridized carbons (Fsp3) is 0.333. The number of hydrogen-bond donors (Lipinski definition) is 1. The largest absolute Gasteiger partial charge is 0.497 e. The van der Waals surface area contributed by atoms with Gasteiger partial charge in [0.2, 0.25) is 0 Å². The number of anilines is 1. The molecule has 0 fully saturated rings. The maximum atomic E-state index is 5.21. The van der Waals surface area contributed by atoms with Crippen molar-refractivity contribution in [3.8, 4) is 5.75 Å². The first-order valence-corrected chi connectivity index (χ1v) is 7.11. The Morgan fingerprint density at radius 3 is 2.25 bits per heavy atom. The highest BCUT2D eigenvalue weighted by molar-refractivity contribution is 5.50. The van der Waals surface area contributed by atoms with Crippen molar-refractivity contribution in [3.63, 3.8) is 0 Å². The smallest absolute Gasteiger partial charge is 0.118 e.